The standard InChI is InChI=1S/C8H12O13P2/c9-4(10)3-8(6(12)13,23(18,19)20)2-1-5(11)21-7(14)22(15,16)17/h1-3H2,(H,9,10)(H,12,13)(H2,15,16,17)(H2,18,19,20). The van der Waals surface area contributed by atoms with Gasteiger partial charge in [-0.2, -0.15) is 0 Å². The van der Waals surface area contributed by atoms with Crippen molar-refractivity contribution < 1.29 is 62.8 Å². The monoisotopic (exact) mass is 378 g/mol. The van der Waals surface area contributed by atoms with E-state index < -0.39 is 63.2 Å². The Balaban J connectivity index is 5.29. The molecule has 23 heavy (non-hydrogen) atoms. The van der Waals surface area contributed by atoms with Gasteiger partial charge in [0.05, 0.1) is 6.42 Å². The van der Waals surface area contributed by atoms with Crippen molar-refractivity contribution in [2.24, 2.45) is 0 Å². The molecule has 15 heteroatoms. The van der Waals surface area contributed by atoms with Crippen LogP contribution >= 0.6 is 15.2 Å². The molecule has 0 rings (SSSR count). The SMILES string of the molecule is O=C(O)CC(CCC(=O)OC(=O)P(=O)(O)O)(C(=O)O)P(=O)(O)O. The van der Waals surface area contributed by atoms with Crippen LogP contribution < -0.4 is 0 Å². The number of hydrogen-bond acceptors (Lipinski definition) is 7. The van der Waals surface area contributed by atoms with Gasteiger partial charge in [-0.25, -0.2) is 9.36 Å². The molecule has 13 nitrogen and oxygen atoms in total. The van der Waals surface area contributed by atoms with Gasteiger partial charge >= 0.3 is 38.8 Å². The van der Waals surface area contributed by atoms with Crippen molar-refractivity contribution in [1.82, 2.24) is 0 Å². The van der Waals surface area contributed by atoms with Crippen LogP contribution in [0.15, 0.2) is 0 Å². The van der Waals surface area contributed by atoms with Crippen molar-refractivity contribution in [3.63, 3.8) is 0 Å². The maximum Gasteiger partial charge on any atom is 0.433 e. The molecule has 0 aliphatic heterocycles. The summed E-state index contributed by atoms with van der Waals surface area (Å²) in [6, 6.07) is 0. The van der Waals surface area contributed by atoms with Crippen LogP contribution in [0.25, 0.3) is 0 Å². The maximum absolute atomic E-state index is 11.3. The lowest BCUT2D eigenvalue weighted by molar-refractivity contribution is -0.148. The van der Waals surface area contributed by atoms with Crippen molar-refractivity contribution >= 4 is 38.8 Å². The van der Waals surface area contributed by atoms with Crippen molar-refractivity contribution in [3.05, 3.63) is 0 Å². The predicted octanol–water partition coefficient (Wildman–Crippen LogP) is -0.917. The summed E-state index contributed by atoms with van der Waals surface area (Å²) in [6.07, 6.45) is -3.96. The number of carbonyl (C=O) groups excluding carboxylic acids is 2. The number of aliphatic carboxylic acids is 2. The zero-order valence-electron chi connectivity index (χ0n) is 11.1. The molecule has 0 saturated heterocycles. The first-order chi connectivity index (χ1) is 10.1. The van der Waals surface area contributed by atoms with Crippen LogP contribution in [0.4, 0.5) is 4.79 Å². The van der Waals surface area contributed by atoms with Gasteiger partial charge in [0.15, 0.2) is 5.16 Å². The van der Waals surface area contributed by atoms with Gasteiger partial charge in [-0.05, 0) is 6.42 Å². The number of esters is 1. The summed E-state index contributed by atoms with van der Waals surface area (Å²) in [5.41, 5.74) is -2.24. The Hall–Kier alpha value is -1.62. The third-order valence-electron chi connectivity index (χ3n) is 2.58. The van der Waals surface area contributed by atoms with Crippen LogP contribution in [0.1, 0.15) is 19.3 Å². The molecule has 0 aliphatic rings. The second kappa shape index (κ2) is 7.30. The smallest absolute Gasteiger partial charge is 0.433 e. The molecule has 0 fully saturated rings. The lowest BCUT2D eigenvalue weighted by Gasteiger charge is -2.28. The Morgan fingerprint density at radius 3 is 1.74 bits per heavy atom. The first kappa shape index (κ1) is 21.4. The molecule has 0 aromatic heterocycles. The van der Waals surface area contributed by atoms with E-state index in [9.17, 15) is 28.3 Å². The molecule has 0 aromatic rings. The minimum atomic E-state index is -5.57. The Labute approximate surface area is 127 Å². The van der Waals surface area contributed by atoms with Crippen LogP contribution in [0.5, 0.6) is 0 Å². The summed E-state index contributed by atoms with van der Waals surface area (Å²) in [6.45, 7) is 0. The topological polar surface area (TPSA) is 233 Å². The third-order valence-corrected chi connectivity index (χ3v) is 4.84. The Morgan fingerprint density at radius 2 is 1.43 bits per heavy atom. The van der Waals surface area contributed by atoms with E-state index in [1.165, 1.54) is 0 Å². The summed E-state index contributed by atoms with van der Waals surface area (Å²) in [7, 11) is -11.0. The molecule has 132 valence electrons. The van der Waals surface area contributed by atoms with Gasteiger partial charge in [0.2, 0.25) is 0 Å². The average molecular weight is 378 g/mol. The molecule has 0 amide bonds. The normalized spacial score (nSPS) is 14.6. The summed E-state index contributed by atoms with van der Waals surface area (Å²) in [5.74, 6) is -5.78. The Kier molecular flexibility index (Phi) is 6.79. The molecule has 1 unspecified atom stereocenters. The fourth-order valence-corrected chi connectivity index (χ4v) is 2.63. The molecule has 0 aromatic carbocycles. The fraction of sp³-hybridized carbons (Fsp3) is 0.500. The number of ether oxygens (including phenoxy) is 1. The van der Waals surface area contributed by atoms with Crippen LogP contribution in [-0.2, 0) is 28.3 Å². The number of carboxylic acid groups (broad SMARTS) is 2. The van der Waals surface area contributed by atoms with Gasteiger partial charge in [0.25, 0.3) is 0 Å². The summed E-state index contributed by atoms with van der Waals surface area (Å²) >= 11 is 0. The van der Waals surface area contributed by atoms with Gasteiger partial charge < -0.3 is 34.5 Å². The summed E-state index contributed by atoms with van der Waals surface area (Å²) in [5, 5.41) is 14.4. The summed E-state index contributed by atoms with van der Waals surface area (Å²) in [4.78, 5) is 78.6. The second-order valence-corrected chi connectivity index (χ2v) is 7.63. The average Bonchev–Trinajstić information content (AvgIpc) is 2.30. The number of hydrogen-bond donors (Lipinski definition) is 6. The highest BCUT2D eigenvalue weighted by molar-refractivity contribution is 7.69. The van der Waals surface area contributed by atoms with Crippen molar-refractivity contribution in [1.29, 1.82) is 0 Å². The first-order valence-corrected chi connectivity index (χ1v) is 8.67. The molecule has 0 radical (unpaired) electrons. The minimum Gasteiger partial charge on any atom is -0.481 e. The van der Waals surface area contributed by atoms with Crippen LogP contribution in [-0.4, -0.2) is 58.6 Å². The number of carboxylic acids is 2. The van der Waals surface area contributed by atoms with Crippen LogP contribution in [0, 0.1) is 0 Å². The van der Waals surface area contributed by atoms with E-state index in [1.54, 1.807) is 0 Å². The van der Waals surface area contributed by atoms with Gasteiger partial charge in [0.1, 0.15) is 0 Å². The first-order valence-electron chi connectivity index (χ1n) is 5.45. The van der Waals surface area contributed by atoms with E-state index in [-0.39, 0.29) is 0 Å². The van der Waals surface area contributed by atoms with E-state index in [2.05, 4.69) is 4.74 Å². The van der Waals surface area contributed by atoms with Crippen molar-refractivity contribution in [2.45, 2.75) is 24.4 Å². The fourth-order valence-electron chi connectivity index (χ4n) is 1.41. The molecule has 6 N–H and O–H groups in total. The minimum absolute atomic E-state index is 1.18. The zero-order chi connectivity index (χ0) is 18.6. The number of rotatable bonds is 8. The van der Waals surface area contributed by atoms with Crippen molar-refractivity contribution in [3.8, 4) is 0 Å². The van der Waals surface area contributed by atoms with E-state index in [0.717, 1.165) is 0 Å². The zero-order valence-corrected chi connectivity index (χ0v) is 12.8. The highest BCUT2D eigenvalue weighted by Gasteiger charge is 2.55. The van der Waals surface area contributed by atoms with Crippen LogP contribution in [0.2, 0.25) is 0 Å². The van der Waals surface area contributed by atoms with Gasteiger partial charge in [-0.15, -0.1) is 0 Å². The molecule has 0 spiro atoms. The molecular weight excluding hydrogens is 366 g/mol. The molecule has 0 bridgehead atoms. The quantitative estimate of drug-likeness (QED) is 0.171. The van der Waals surface area contributed by atoms with E-state index in [0.29, 0.717) is 0 Å². The van der Waals surface area contributed by atoms with E-state index >= 15 is 0 Å². The molecule has 1 atom stereocenters. The Bertz CT molecular complexity index is 611. The van der Waals surface area contributed by atoms with E-state index in [1.807, 2.05) is 0 Å². The molecule has 0 aliphatic carbocycles. The second-order valence-electron chi connectivity index (χ2n) is 4.24. The number of carbonyl (C=O) groups is 4. The Morgan fingerprint density at radius 1 is 0.957 bits per heavy atom. The third kappa shape index (κ3) is 5.82. The highest BCUT2D eigenvalue weighted by atomic mass is 31.2. The predicted molar refractivity (Wildman–Crippen MR) is 67.4 cm³/mol. The van der Waals surface area contributed by atoms with Gasteiger partial charge in [-0.1, -0.05) is 0 Å². The lowest BCUT2D eigenvalue weighted by atomic mass is 9.98. The van der Waals surface area contributed by atoms with Gasteiger partial charge in [0, 0.05) is 6.42 Å². The van der Waals surface area contributed by atoms with Crippen LogP contribution in [0.3, 0.4) is 0 Å². The van der Waals surface area contributed by atoms with Crippen molar-refractivity contribution in [2.75, 3.05) is 0 Å². The summed E-state index contributed by atoms with van der Waals surface area (Å²) < 4.78 is 25.5. The van der Waals surface area contributed by atoms with E-state index in [4.69, 9.17) is 29.8 Å². The largest absolute Gasteiger partial charge is 0.481 e. The lowest BCUT2D eigenvalue weighted by Crippen LogP contribution is -2.41. The molecule has 0 saturated carbocycles. The highest BCUT2D eigenvalue weighted by Crippen LogP contribution is 2.55. The maximum atomic E-state index is 11.3. The van der Waals surface area contributed by atoms with Gasteiger partial charge in [-0.3, -0.25) is 18.9 Å². The molecular formula is C8H12O13P2. The molecule has 0 heterocycles.